The number of para-hydroxylation sites is 2. The molecule has 4 aromatic rings. The van der Waals surface area contributed by atoms with Crippen LogP contribution in [0.1, 0.15) is 10.5 Å². The molecule has 0 saturated heterocycles. The van der Waals surface area contributed by atoms with Crippen LogP contribution in [0, 0.1) is 0 Å². The van der Waals surface area contributed by atoms with E-state index in [0.717, 1.165) is 28.0 Å². The van der Waals surface area contributed by atoms with E-state index in [4.69, 9.17) is 5.73 Å². The van der Waals surface area contributed by atoms with Crippen molar-refractivity contribution in [1.82, 2.24) is 25.3 Å². The summed E-state index contributed by atoms with van der Waals surface area (Å²) in [5.41, 5.74) is 10.0. The smallest absolute Gasteiger partial charge is 0.273 e. The van der Waals surface area contributed by atoms with Gasteiger partial charge in [0.05, 0.1) is 22.9 Å². The first-order valence-corrected chi connectivity index (χ1v) is 8.06. The molecule has 7 heteroatoms. The maximum absolute atomic E-state index is 11.9. The minimum atomic E-state index is -0.370. The molecule has 0 atom stereocenters. The van der Waals surface area contributed by atoms with Gasteiger partial charge in [-0.1, -0.05) is 30.3 Å². The van der Waals surface area contributed by atoms with E-state index in [2.05, 4.69) is 25.3 Å². The molecule has 0 saturated carbocycles. The fourth-order valence-electron chi connectivity index (χ4n) is 2.74. The van der Waals surface area contributed by atoms with Crippen LogP contribution in [-0.2, 0) is 0 Å². The number of imidazole rings is 1. The Bertz CT molecular complexity index is 1080. The molecule has 0 aliphatic carbocycles. The van der Waals surface area contributed by atoms with Crippen LogP contribution in [0.4, 0.5) is 5.82 Å². The van der Waals surface area contributed by atoms with E-state index in [1.807, 2.05) is 48.5 Å². The van der Waals surface area contributed by atoms with Crippen LogP contribution < -0.4 is 11.1 Å². The number of hydrogen-bond acceptors (Lipinski definition) is 5. The van der Waals surface area contributed by atoms with Crippen molar-refractivity contribution >= 4 is 22.8 Å². The lowest BCUT2D eigenvalue weighted by Crippen LogP contribution is -2.21. The van der Waals surface area contributed by atoms with Crippen LogP contribution in [0.3, 0.4) is 0 Å². The lowest BCUT2D eigenvalue weighted by molar-refractivity contribution is 0.0959. The number of carbonyl (C=O) groups is 1. The summed E-state index contributed by atoms with van der Waals surface area (Å²) in [6.07, 6.45) is 1.56. The number of nitrogens with zero attached hydrogens (tertiary/aromatic N) is 3. The summed E-state index contributed by atoms with van der Waals surface area (Å²) in [6.45, 7) is 0. The van der Waals surface area contributed by atoms with Crippen LogP contribution in [0.25, 0.3) is 33.7 Å². The molecule has 4 N–H and O–H groups in total. The number of rotatable bonds is 3. The Morgan fingerprint density at radius 2 is 1.88 bits per heavy atom. The number of nitrogens with two attached hydrogens (primary N) is 1. The second kappa shape index (κ2) is 6.29. The Labute approximate surface area is 149 Å². The standard InChI is InChI=1S/C19H16N6O/c1-21-19(26)16-17(20)22-10-15(23-16)11-5-4-6-12(9-11)18-24-13-7-2-3-8-14(13)25-18/h2-10H,1H3,(H2,20,22)(H,21,26)(H,24,25). The van der Waals surface area contributed by atoms with Crippen molar-refractivity contribution in [2.24, 2.45) is 0 Å². The quantitative estimate of drug-likeness (QED) is 0.529. The molecule has 0 radical (unpaired) electrons. The summed E-state index contributed by atoms with van der Waals surface area (Å²) in [5, 5.41) is 2.52. The van der Waals surface area contributed by atoms with Gasteiger partial charge in [-0.2, -0.15) is 0 Å². The van der Waals surface area contributed by atoms with Gasteiger partial charge >= 0.3 is 0 Å². The maximum Gasteiger partial charge on any atom is 0.273 e. The number of H-pyrrole nitrogens is 1. The van der Waals surface area contributed by atoms with Crippen molar-refractivity contribution in [2.45, 2.75) is 0 Å². The van der Waals surface area contributed by atoms with Crippen LogP contribution in [-0.4, -0.2) is 32.9 Å². The topological polar surface area (TPSA) is 110 Å². The first kappa shape index (κ1) is 15.8. The molecule has 0 aliphatic heterocycles. The number of aromatic nitrogens is 4. The number of benzene rings is 2. The zero-order valence-corrected chi connectivity index (χ0v) is 14.0. The highest BCUT2D eigenvalue weighted by Gasteiger charge is 2.14. The Hall–Kier alpha value is -3.74. The molecule has 1 amide bonds. The second-order valence-electron chi connectivity index (χ2n) is 5.75. The normalized spacial score (nSPS) is 10.8. The van der Waals surface area contributed by atoms with E-state index < -0.39 is 0 Å². The highest BCUT2D eigenvalue weighted by atomic mass is 16.1. The number of fused-ring (bicyclic) bond motifs is 1. The number of amides is 1. The number of aromatic amines is 1. The van der Waals surface area contributed by atoms with Gasteiger partial charge in [-0.05, 0) is 18.2 Å². The summed E-state index contributed by atoms with van der Waals surface area (Å²) in [5.74, 6) is 0.495. The molecular formula is C19H16N6O. The largest absolute Gasteiger partial charge is 0.382 e. The van der Waals surface area contributed by atoms with Gasteiger partial charge in [-0.15, -0.1) is 0 Å². The fraction of sp³-hybridized carbons (Fsp3) is 0.0526. The average Bonchev–Trinajstić information content (AvgIpc) is 3.12. The van der Waals surface area contributed by atoms with E-state index in [-0.39, 0.29) is 17.4 Å². The third kappa shape index (κ3) is 2.75. The maximum atomic E-state index is 11.9. The summed E-state index contributed by atoms with van der Waals surface area (Å²) < 4.78 is 0. The number of carbonyl (C=O) groups excluding carboxylic acids is 1. The molecule has 0 spiro atoms. The van der Waals surface area contributed by atoms with Gasteiger partial charge in [-0.25, -0.2) is 15.0 Å². The summed E-state index contributed by atoms with van der Waals surface area (Å²) in [6, 6.07) is 15.6. The lowest BCUT2D eigenvalue weighted by atomic mass is 10.1. The Morgan fingerprint density at radius 3 is 2.69 bits per heavy atom. The molecule has 4 rings (SSSR count). The van der Waals surface area contributed by atoms with E-state index >= 15 is 0 Å². The number of nitrogens with one attached hydrogen (secondary N) is 2. The predicted octanol–water partition coefficient (Wildman–Crippen LogP) is 2.63. The Balaban J connectivity index is 1.77. The minimum absolute atomic E-state index is 0.0986. The third-order valence-electron chi connectivity index (χ3n) is 4.06. The first-order valence-electron chi connectivity index (χ1n) is 8.06. The zero-order chi connectivity index (χ0) is 18.1. The van der Waals surface area contributed by atoms with E-state index in [1.165, 1.54) is 7.05 Å². The molecule has 26 heavy (non-hydrogen) atoms. The van der Waals surface area contributed by atoms with E-state index in [0.29, 0.717) is 5.69 Å². The van der Waals surface area contributed by atoms with Gasteiger partial charge in [0.2, 0.25) is 0 Å². The average molecular weight is 344 g/mol. The van der Waals surface area contributed by atoms with Crippen LogP contribution in [0.2, 0.25) is 0 Å². The van der Waals surface area contributed by atoms with E-state index in [1.54, 1.807) is 6.20 Å². The van der Waals surface area contributed by atoms with Gasteiger partial charge in [-0.3, -0.25) is 4.79 Å². The highest BCUT2D eigenvalue weighted by Crippen LogP contribution is 2.25. The predicted molar refractivity (Wildman–Crippen MR) is 100 cm³/mol. The van der Waals surface area contributed by atoms with Crippen LogP contribution in [0.5, 0.6) is 0 Å². The van der Waals surface area contributed by atoms with Crippen molar-refractivity contribution in [3.8, 4) is 22.6 Å². The first-order chi connectivity index (χ1) is 12.7. The molecule has 2 aromatic heterocycles. The SMILES string of the molecule is CNC(=O)c1nc(-c2cccc(-c3nc4ccccc4[nH]3)c2)cnc1N. The molecule has 0 bridgehead atoms. The summed E-state index contributed by atoms with van der Waals surface area (Å²) in [7, 11) is 1.53. The number of anilines is 1. The number of nitrogen functional groups attached to an aromatic ring is 1. The van der Waals surface area contributed by atoms with Crippen LogP contribution >= 0.6 is 0 Å². The van der Waals surface area contributed by atoms with Crippen molar-refractivity contribution in [3.05, 3.63) is 60.4 Å². The molecular weight excluding hydrogens is 328 g/mol. The molecule has 7 nitrogen and oxygen atoms in total. The molecule has 0 unspecified atom stereocenters. The second-order valence-corrected chi connectivity index (χ2v) is 5.75. The molecule has 2 aromatic carbocycles. The van der Waals surface area contributed by atoms with E-state index in [9.17, 15) is 4.79 Å². The molecule has 0 fully saturated rings. The minimum Gasteiger partial charge on any atom is -0.382 e. The van der Waals surface area contributed by atoms with Gasteiger partial charge in [0.1, 0.15) is 5.82 Å². The monoisotopic (exact) mass is 344 g/mol. The molecule has 0 aliphatic rings. The fourth-order valence-corrected chi connectivity index (χ4v) is 2.74. The Morgan fingerprint density at radius 1 is 1.08 bits per heavy atom. The highest BCUT2D eigenvalue weighted by molar-refractivity contribution is 5.96. The van der Waals surface area contributed by atoms with Crippen molar-refractivity contribution in [2.75, 3.05) is 12.8 Å². The summed E-state index contributed by atoms with van der Waals surface area (Å²) >= 11 is 0. The summed E-state index contributed by atoms with van der Waals surface area (Å²) in [4.78, 5) is 28.3. The van der Waals surface area contributed by atoms with Gasteiger partial charge in [0.25, 0.3) is 5.91 Å². The van der Waals surface area contributed by atoms with Gasteiger partial charge in [0.15, 0.2) is 11.5 Å². The Kier molecular flexibility index (Phi) is 3.81. The third-order valence-corrected chi connectivity index (χ3v) is 4.06. The van der Waals surface area contributed by atoms with Crippen molar-refractivity contribution in [3.63, 3.8) is 0 Å². The number of hydrogen-bond donors (Lipinski definition) is 3. The van der Waals surface area contributed by atoms with Crippen molar-refractivity contribution in [1.29, 1.82) is 0 Å². The lowest BCUT2D eigenvalue weighted by Gasteiger charge is -2.07. The molecule has 128 valence electrons. The zero-order valence-electron chi connectivity index (χ0n) is 14.0. The van der Waals surface area contributed by atoms with Crippen molar-refractivity contribution < 1.29 is 4.79 Å². The molecule has 2 heterocycles. The van der Waals surface area contributed by atoms with Gasteiger partial charge < -0.3 is 16.0 Å². The van der Waals surface area contributed by atoms with Gasteiger partial charge in [0, 0.05) is 18.2 Å². The van der Waals surface area contributed by atoms with Crippen LogP contribution in [0.15, 0.2) is 54.7 Å².